The van der Waals surface area contributed by atoms with Crippen molar-refractivity contribution in [1.82, 2.24) is 5.43 Å². The quantitative estimate of drug-likeness (QED) is 0.494. The topological polar surface area (TPSA) is 41.5 Å². The van der Waals surface area contributed by atoms with E-state index in [1.165, 1.54) is 0 Å². The number of nitrogens with zero attached hydrogens (tertiary/aromatic N) is 1. The Morgan fingerprint density at radius 2 is 2.22 bits per heavy atom. The highest BCUT2D eigenvalue weighted by Crippen LogP contribution is 2.15. The van der Waals surface area contributed by atoms with Gasteiger partial charge in [-0.1, -0.05) is 30.4 Å². The number of hydrazone groups is 1. The van der Waals surface area contributed by atoms with Crippen LogP contribution in [0.5, 0.6) is 0 Å². The zero-order valence-electron chi connectivity index (χ0n) is 10.6. The van der Waals surface area contributed by atoms with Crippen LogP contribution in [-0.2, 0) is 0 Å². The van der Waals surface area contributed by atoms with Crippen LogP contribution in [0.2, 0.25) is 0 Å². The Morgan fingerprint density at radius 1 is 1.39 bits per heavy atom. The third-order valence-corrected chi connectivity index (χ3v) is 3.15. The van der Waals surface area contributed by atoms with Gasteiger partial charge in [0.05, 0.1) is 0 Å². The van der Waals surface area contributed by atoms with E-state index in [-0.39, 0.29) is 5.91 Å². The average molecular weight is 242 g/mol. The minimum atomic E-state index is -0.143. The van der Waals surface area contributed by atoms with E-state index < -0.39 is 0 Å². The second kappa shape index (κ2) is 6.15. The molecule has 2 rings (SSSR count). The molecule has 3 heteroatoms. The molecule has 3 nitrogen and oxygen atoms in total. The third-order valence-electron chi connectivity index (χ3n) is 3.15. The van der Waals surface area contributed by atoms with Gasteiger partial charge in [-0.05, 0) is 43.7 Å². The minimum absolute atomic E-state index is 0.143. The van der Waals surface area contributed by atoms with E-state index >= 15 is 0 Å². The molecule has 1 aliphatic rings. The lowest BCUT2D eigenvalue weighted by Crippen LogP contribution is -2.19. The molecule has 0 saturated carbocycles. The van der Waals surface area contributed by atoms with Crippen molar-refractivity contribution in [3.05, 3.63) is 47.5 Å². The van der Waals surface area contributed by atoms with Crippen molar-refractivity contribution in [3.63, 3.8) is 0 Å². The molecular formula is C15H18N2O. The number of hydrogen-bond donors (Lipinski definition) is 1. The summed E-state index contributed by atoms with van der Waals surface area (Å²) in [6, 6.07) is 7.51. The molecule has 0 aromatic heterocycles. The molecule has 1 atom stereocenters. The minimum Gasteiger partial charge on any atom is -0.267 e. The summed E-state index contributed by atoms with van der Waals surface area (Å²) in [5.74, 6) is 0.308. The molecule has 0 bridgehead atoms. The molecule has 1 aromatic carbocycles. The molecule has 1 amide bonds. The molecule has 18 heavy (non-hydrogen) atoms. The van der Waals surface area contributed by atoms with Crippen molar-refractivity contribution in [2.45, 2.75) is 26.2 Å². The molecule has 0 spiro atoms. The van der Waals surface area contributed by atoms with Gasteiger partial charge in [-0.15, -0.1) is 0 Å². The molecule has 1 aromatic rings. The summed E-state index contributed by atoms with van der Waals surface area (Å²) in [7, 11) is 0. The number of amides is 1. The van der Waals surface area contributed by atoms with Crippen LogP contribution < -0.4 is 5.43 Å². The first-order valence-corrected chi connectivity index (χ1v) is 6.31. The van der Waals surface area contributed by atoms with Crippen LogP contribution in [0, 0.1) is 12.8 Å². The zero-order chi connectivity index (χ0) is 12.8. The fourth-order valence-corrected chi connectivity index (χ4v) is 2.04. The smallest absolute Gasteiger partial charge is 0.267 e. The highest BCUT2D eigenvalue weighted by Gasteiger charge is 2.08. The third kappa shape index (κ3) is 3.29. The fraction of sp³-hybridized carbons (Fsp3) is 0.333. The van der Waals surface area contributed by atoms with Crippen molar-refractivity contribution in [3.8, 4) is 0 Å². The van der Waals surface area contributed by atoms with Gasteiger partial charge in [-0.3, -0.25) is 4.79 Å². The molecule has 1 aliphatic carbocycles. The number of carbonyl (C=O) groups is 1. The SMILES string of the molecule is Cc1ccccc1C(=O)N/N=C/C1CC=CCC1. The van der Waals surface area contributed by atoms with Gasteiger partial charge in [0.2, 0.25) is 0 Å². The summed E-state index contributed by atoms with van der Waals surface area (Å²) in [4.78, 5) is 11.9. The standard InChI is InChI=1S/C15H18N2O/c1-12-7-5-6-10-14(12)15(18)17-16-11-13-8-3-2-4-9-13/h2-3,5-7,10-11,13H,4,8-9H2,1H3,(H,17,18)/b16-11+. The maximum atomic E-state index is 11.9. The number of carbonyl (C=O) groups excluding carboxylic acids is 1. The number of allylic oxidation sites excluding steroid dienone is 2. The predicted molar refractivity (Wildman–Crippen MR) is 73.6 cm³/mol. The Labute approximate surface area is 108 Å². The first-order valence-electron chi connectivity index (χ1n) is 6.31. The first kappa shape index (κ1) is 12.6. The van der Waals surface area contributed by atoms with Crippen molar-refractivity contribution >= 4 is 12.1 Å². The van der Waals surface area contributed by atoms with E-state index in [1.54, 1.807) is 0 Å². The van der Waals surface area contributed by atoms with Crippen LogP contribution in [0.3, 0.4) is 0 Å². The van der Waals surface area contributed by atoms with Crippen LogP contribution in [0.25, 0.3) is 0 Å². The largest absolute Gasteiger partial charge is 0.271 e. The lowest BCUT2D eigenvalue weighted by Gasteiger charge is -2.11. The molecular weight excluding hydrogens is 224 g/mol. The highest BCUT2D eigenvalue weighted by molar-refractivity contribution is 5.95. The lowest BCUT2D eigenvalue weighted by molar-refractivity contribution is 0.0954. The van der Waals surface area contributed by atoms with Crippen LogP contribution in [-0.4, -0.2) is 12.1 Å². The summed E-state index contributed by atoms with van der Waals surface area (Å²) in [5, 5.41) is 4.05. The van der Waals surface area contributed by atoms with E-state index in [0.717, 1.165) is 24.8 Å². The van der Waals surface area contributed by atoms with Gasteiger partial charge in [0.25, 0.3) is 5.91 Å². The van der Waals surface area contributed by atoms with E-state index in [1.807, 2.05) is 37.4 Å². The van der Waals surface area contributed by atoms with E-state index in [4.69, 9.17) is 0 Å². The maximum absolute atomic E-state index is 11.9. The number of hydrogen-bond acceptors (Lipinski definition) is 2. The molecule has 94 valence electrons. The summed E-state index contributed by atoms with van der Waals surface area (Å²) in [6.07, 6.45) is 9.44. The maximum Gasteiger partial charge on any atom is 0.271 e. The van der Waals surface area contributed by atoms with Gasteiger partial charge in [0.1, 0.15) is 0 Å². The molecule has 0 heterocycles. The Hall–Kier alpha value is -1.90. The highest BCUT2D eigenvalue weighted by atomic mass is 16.2. The van der Waals surface area contributed by atoms with Gasteiger partial charge in [-0.2, -0.15) is 5.10 Å². The predicted octanol–water partition coefficient (Wildman–Crippen LogP) is 3.07. The summed E-state index contributed by atoms with van der Waals surface area (Å²) >= 11 is 0. The van der Waals surface area contributed by atoms with Crippen molar-refractivity contribution in [1.29, 1.82) is 0 Å². The van der Waals surface area contributed by atoms with Crippen molar-refractivity contribution in [2.24, 2.45) is 11.0 Å². The van der Waals surface area contributed by atoms with Gasteiger partial charge >= 0.3 is 0 Å². The van der Waals surface area contributed by atoms with Gasteiger partial charge in [0.15, 0.2) is 0 Å². The second-order valence-electron chi connectivity index (χ2n) is 4.58. The van der Waals surface area contributed by atoms with Crippen LogP contribution in [0.15, 0.2) is 41.5 Å². The van der Waals surface area contributed by atoms with E-state index in [9.17, 15) is 4.79 Å². The Balaban J connectivity index is 1.90. The van der Waals surface area contributed by atoms with E-state index in [2.05, 4.69) is 22.7 Å². The van der Waals surface area contributed by atoms with Gasteiger partial charge < -0.3 is 0 Å². The summed E-state index contributed by atoms with van der Waals surface area (Å²) in [5.41, 5.74) is 4.24. The molecule has 0 fully saturated rings. The molecule has 0 saturated heterocycles. The summed E-state index contributed by atoms with van der Waals surface area (Å²) < 4.78 is 0. The Kier molecular flexibility index (Phi) is 4.29. The zero-order valence-corrected chi connectivity index (χ0v) is 10.6. The first-order chi connectivity index (χ1) is 8.77. The molecule has 1 N–H and O–H groups in total. The Bertz CT molecular complexity index is 477. The number of benzene rings is 1. The fourth-order valence-electron chi connectivity index (χ4n) is 2.04. The summed E-state index contributed by atoms with van der Waals surface area (Å²) in [6.45, 7) is 1.92. The average Bonchev–Trinajstić information content (AvgIpc) is 2.40. The van der Waals surface area contributed by atoms with Crippen molar-refractivity contribution < 1.29 is 4.79 Å². The molecule has 1 unspecified atom stereocenters. The number of nitrogens with one attached hydrogen (secondary N) is 1. The van der Waals surface area contributed by atoms with Crippen LogP contribution >= 0.6 is 0 Å². The lowest BCUT2D eigenvalue weighted by atomic mass is 9.96. The molecule has 0 radical (unpaired) electrons. The normalized spacial score (nSPS) is 19.1. The van der Waals surface area contributed by atoms with Gasteiger partial charge in [-0.25, -0.2) is 5.43 Å². The number of aryl methyl sites for hydroxylation is 1. The monoisotopic (exact) mass is 242 g/mol. The van der Waals surface area contributed by atoms with E-state index in [0.29, 0.717) is 11.5 Å². The van der Waals surface area contributed by atoms with Gasteiger partial charge in [0, 0.05) is 11.8 Å². The Morgan fingerprint density at radius 3 is 2.94 bits per heavy atom. The number of rotatable bonds is 3. The molecule has 0 aliphatic heterocycles. The van der Waals surface area contributed by atoms with Crippen molar-refractivity contribution in [2.75, 3.05) is 0 Å². The van der Waals surface area contributed by atoms with Crippen LogP contribution in [0.1, 0.15) is 35.2 Å². The second-order valence-corrected chi connectivity index (χ2v) is 4.58. The van der Waals surface area contributed by atoms with Crippen LogP contribution in [0.4, 0.5) is 0 Å².